The Balaban J connectivity index is 1.53. The van der Waals surface area contributed by atoms with E-state index in [9.17, 15) is 19.5 Å². The van der Waals surface area contributed by atoms with Crippen molar-refractivity contribution >= 4 is 29.0 Å². The molecule has 2 amide bonds. The Morgan fingerprint density at radius 2 is 1.62 bits per heavy atom. The molecular formula is C27H28N2O5. The average molecular weight is 461 g/mol. The molecular weight excluding hydrogens is 432 g/mol. The summed E-state index contributed by atoms with van der Waals surface area (Å²) in [6.07, 6.45) is 1.36. The van der Waals surface area contributed by atoms with E-state index in [1.807, 2.05) is 13.8 Å². The highest BCUT2D eigenvalue weighted by Crippen LogP contribution is 2.37. The van der Waals surface area contributed by atoms with Crippen molar-refractivity contribution in [3.63, 3.8) is 0 Å². The summed E-state index contributed by atoms with van der Waals surface area (Å²) in [4.78, 5) is 44.0. The number of fused-ring (bicyclic) bond motifs is 1. The van der Waals surface area contributed by atoms with Gasteiger partial charge in [-0.3, -0.25) is 24.3 Å². The van der Waals surface area contributed by atoms with E-state index in [4.69, 9.17) is 4.74 Å². The van der Waals surface area contributed by atoms with Gasteiger partial charge in [-0.15, -0.1) is 0 Å². The van der Waals surface area contributed by atoms with Crippen molar-refractivity contribution in [1.82, 2.24) is 4.90 Å². The Hall–Kier alpha value is -3.74. The fraction of sp³-hybridized carbons (Fsp3) is 0.333. The number of ketones is 1. The van der Waals surface area contributed by atoms with Crippen molar-refractivity contribution in [1.29, 1.82) is 0 Å². The van der Waals surface area contributed by atoms with E-state index in [2.05, 4.69) is 4.99 Å². The highest BCUT2D eigenvalue weighted by Gasteiger charge is 2.37. The number of amides is 2. The second-order valence-corrected chi connectivity index (χ2v) is 9.43. The van der Waals surface area contributed by atoms with Crippen LogP contribution in [0, 0.1) is 5.41 Å². The Labute approximate surface area is 198 Å². The molecule has 1 fully saturated rings. The fourth-order valence-corrected chi connectivity index (χ4v) is 4.50. The minimum Gasteiger partial charge on any atom is -0.511 e. The third-order valence-electron chi connectivity index (χ3n) is 6.15. The zero-order valence-corrected chi connectivity index (χ0v) is 19.6. The van der Waals surface area contributed by atoms with Crippen LogP contribution in [0.4, 0.5) is 5.69 Å². The van der Waals surface area contributed by atoms with Gasteiger partial charge in [0.1, 0.15) is 11.5 Å². The number of carbonyl (C=O) groups is 3. The number of imide groups is 1. The summed E-state index contributed by atoms with van der Waals surface area (Å²) in [7, 11) is 1.59. The van der Waals surface area contributed by atoms with Gasteiger partial charge in [0.25, 0.3) is 11.8 Å². The van der Waals surface area contributed by atoms with E-state index in [0.717, 1.165) is 0 Å². The molecule has 1 N–H and O–H groups in total. The third-order valence-corrected chi connectivity index (χ3v) is 6.15. The number of benzene rings is 2. The predicted octanol–water partition coefficient (Wildman–Crippen LogP) is 5.05. The first-order valence-corrected chi connectivity index (χ1v) is 11.3. The number of hydrogen-bond donors (Lipinski definition) is 1. The first kappa shape index (κ1) is 23.4. The molecule has 1 heterocycles. The van der Waals surface area contributed by atoms with Gasteiger partial charge in [0, 0.05) is 19.4 Å². The summed E-state index contributed by atoms with van der Waals surface area (Å²) < 4.78 is 5.19. The largest absolute Gasteiger partial charge is 0.511 e. The maximum absolute atomic E-state index is 13.0. The third kappa shape index (κ3) is 4.64. The number of hydrogen-bond acceptors (Lipinski definition) is 6. The molecule has 1 aliphatic heterocycles. The summed E-state index contributed by atoms with van der Waals surface area (Å²) in [6.45, 7) is 4.17. The molecule has 1 aliphatic carbocycles. The Morgan fingerprint density at radius 1 is 1.00 bits per heavy atom. The molecule has 0 saturated heterocycles. The monoisotopic (exact) mass is 460 g/mol. The molecule has 7 heteroatoms. The SMILES string of the molecule is COc1ccc(N=C2CC(C)(C)CC(=O)C2=C(O)CCCN2C(=O)c3ccccc3C2=O)cc1. The molecule has 2 aromatic rings. The maximum Gasteiger partial charge on any atom is 0.261 e. The van der Waals surface area contributed by atoms with Crippen LogP contribution in [0.1, 0.15) is 60.2 Å². The molecule has 176 valence electrons. The second-order valence-electron chi connectivity index (χ2n) is 9.43. The van der Waals surface area contributed by atoms with Crippen molar-refractivity contribution in [2.24, 2.45) is 10.4 Å². The lowest BCUT2D eigenvalue weighted by Gasteiger charge is -2.31. The van der Waals surface area contributed by atoms with E-state index in [1.165, 1.54) is 4.90 Å². The summed E-state index contributed by atoms with van der Waals surface area (Å²) in [6, 6.07) is 13.9. The smallest absolute Gasteiger partial charge is 0.261 e. The van der Waals surface area contributed by atoms with Crippen LogP contribution in [0.2, 0.25) is 0 Å². The number of methoxy groups -OCH3 is 1. The molecule has 0 bridgehead atoms. The summed E-state index contributed by atoms with van der Waals surface area (Å²) in [5.74, 6) is -0.156. The number of aliphatic hydroxyl groups is 1. The van der Waals surface area contributed by atoms with Gasteiger partial charge in [-0.2, -0.15) is 0 Å². The van der Waals surface area contributed by atoms with Crippen LogP contribution in [0.3, 0.4) is 0 Å². The predicted molar refractivity (Wildman–Crippen MR) is 129 cm³/mol. The number of Topliss-reactive ketones (excluding diaryl/α,β-unsaturated/α-hetero) is 1. The number of rotatable bonds is 6. The van der Waals surface area contributed by atoms with E-state index in [-0.39, 0.29) is 47.3 Å². The molecule has 1 saturated carbocycles. The zero-order chi connectivity index (χ0) is 24.5. The minimum absolute atomic E-state index is 0.0515. The summed E-state index contributed by atoms with van der Waals surface area (Å²) >= 11 is 0. The molecule has 0 radical (unpaired) electrons. The molecule has 0 atom stereocenters. The van der Waals surface area contributed by atoms with E-state index in [0.29, 0.717) is 47.5 Å². The number of carbonyl (C=O) groups excluding carboxylic acids is 3. The number of aliphatic imine (C=N–C) groups is 1. The standard InChI is InChI=1S/C27H28N2O5/c1-27(2)15-21(28-17-10-12-18(34-3)13-11-17)24(23(31)16-27)22(30)9-6-14-29-25(32)19-7-4-5-8-20(19)26(29)33/h4-5,7-8,10-13,30H,6,9,14-16H2,1-3H3. The van der Waals surface area contributed by atoms with Crippen LogP contribution >= 0.6 is 0 Å². The topological polar surface area (TPSA) is 96.3 Å². The first-order valence-electron chi connectivity index (χ1n) is 11.3. The highest BCUT2D eigenvalue weighted by molar-refractivity contribution is 6.25. The fourth-order valence-electron chi connectivity index (χ4n) is 4.50. The first-order chi connectivity index (χ1) is 16.2. The van der Waals surface area contributed by atoms with Gasteiger partial charge >= 0.3 is 0 Å². The van der Waals surface area contributed by atoms with E-state index in [1.54, 1.807) is 55.6 Å². The maximum atomic E-state index is 13.0. The van der Waals surface area contributed by atoms with E-state index >= 15 is 0 Å². The van der Waals surface area contributed by atoms with Crippen LogP contribution in [-0.2, 0) is 4.79 Å². The van der Waals surface area contributed by atoms with Crippen LogP contribution in [0.5, 0.6) is 5.75 Å². The van der Waals surface area contributed by atoms with Gasteiger partial charge < -0.3 is 9.84 Å². The quantitative estimate of drug-likeness (QED) is 0.370. The minimum atomic E-state index is -0.329. The molecule has 4 rings (SSSR count). The van der Waals surface area contributed by atoms with Gasteiger partial charge in [-0.25, -0.2) is 0 Å². The molecule has 0 unspecified atom stereocenters. The van der Waals surface area contributed by atoms with Crippen molar-refractivity contribution in [2.45, 2.75) is 39.5 Å². The second kappa shape index (κ2) is 9.25. The number of nitrogens with zero attached hydrogens (tertiary/aromatic N) is 2. The summed E-state index contributed by atoms with van der Waals surface area (Å²) in [5.41, 5.74) is 1.98. The number of aliphatic hydroxyl groups excluding tert-OH is 1. The van der Waals surface area contributed by atoms with E-state index < -0.39 is 0 Å². The number of allylic oxidation sites excluding steroid dienone is 2. The lowest BCUT2D eigenvalue weighted by atomic mass is 9.73. The van der Waals surface area contributed by atoms with Crippen molar-refractivity contribution < 1.29 is 24.2 Å². The molecule has 2 aliphatic rings. The Kier molecular flexibility index (Phi) is 6.37. The van der Waals surface area contributed by atoms with Crippen molar-refractivity contribution in [2.75, 3.05) is 13.7 Å². The van der Waals surface area contributed by atoms with Crippen molar-refractivity contribution in [3.8, 4) is 5.75 Å². The Bertz CT molecular complexity index is 1170. The van der Waals surface area contributed by atoms with Crippen LogP contribution in [-0.4, -0.2) is 47.0 Å². The van der Waals surface area contributed by atoms with Crippen molar-refractivity contribution in [3.05, 3.63) is 71.0 Å². The van der Waals surface area contributed by atoms with Gasteiger partial charge in [0.15, 0.2) is 5.78 Å². The van der Waals surface area contributed by atoms with Gasteiger partial charge in [0.2, 0.25) is 0 Å². The Morgan fingerprint density at radius 3 is 2.21 bits per heavy atom. The number of ether oxygens (including phenoxy) is 1. The van der Waals surface area contributed by atoms with Crippen LogP contribution < -0.4 is 4.74 Å². The molecule has 2 aromatic carbocycles. The highest BCUT2D eigenvalue weighted by atomic mass is 16.5. The lowest BCUT2D eigenvalue weighted by molar-refractivity contribution is -0.117. The van der Waals surface area contributed by atoms with Gasteiger partial charge in [0.05, 0.1) is 35.2 Å². The lowest BCUT2D eigenvalue weighted by Crippen LogP contribution is -2.33. The zero-order valence-electron chi connectivity index (χ0n) is 19.6. The molecule has 0 spiro atoms. The normalized spacial score (nSPS) is 20.0. The average Bonchev–Trinajstić information content (AvgIpc) is 3.03. The van der Waals surface area contributed by atoms with Crippen LogP contribution in [0.15, 0.2) is 64.9 Å². The van der Waals surface area contributed by atoms with Gasteiger partial charge in [-0.1, -0.05) is 26.0 Å². The van der Waals surface area contributed by atoms with Crippen LogP contribution in [0.25, 0.3) is 0 Å². The summed E-state index contributed by atoms with van der Waals surface area (Å²) in [5, 5.41) is 10.9. The van der Waals surface area contributed by atoms with Gasteiger partial charge in [-0.05, 0) is 54.7 Å². The molecule has 0 aromatic heterocycles. The molecule has 7 nitrogen and oxygen atoms in total. The molecule has 34 heavy (non-hydrogen) atoms.